The molecule has 0 spiro atoms. The second-order valence-electron chi connectivity index (χ2n) is 10.1. The molecule has 5 rings (SSSR count). The van der Waals surface area contributed by atoms with E-state index >= 15 is 0 Å². The molecule has 0 radical (unpaired) electrons. The van der Waals surface area contributed by atoms with Crippen molar-refractivity contribution in [3.8, 4) is 0 Å². The molecule has 2 unspecified atom stereocenters. The molecule has 3 aliphatic rings. The average molecular weight is 454 g/mol. The fraction of sp³-hybridized carbons (Fsp3) is 0.720. The van der Waals surface area contributed by atoms with Crippen LogP contribution >= 0.6 is 0 Å². The minimum atomic E-state index is 0.0612. The molecule has 2 aromatic rings. The van der Waals surface area contributed by atoms with E-state index in [2.05, 4.69) is 68.6 Å². The zero-order chi connectivity index (χ0) is 22.6. The number of rotatable bonds is 7. The van der Waals surface area contributed by atoms with Gasteiger partial charge in [0.1, 0.15) is 0 Å². The number of hydrogen-bond donors (Lipinski definition) is 0. The standard InChI is InChI=1S/C25H39N7O/c1-29(2)21-12-10-20(11-13-21)24(25-26-27-28-32(25)19-23-9-6-18-33-23)31-16-14-30(15-17-31)22-7-4-3-5-8-22/h10-13,22-24H,3-9,14-19H2,1-2H3. The van der Waals surface area contributed by atoms with E-state index in [1.807, 2.05) is 4.68 Å². The van der Waals surface area contributed by atoms with Gasteiger partial charge in [-0.05, 0) is 53.8 Å². The Hall–Kier alpha value is -2.03. The summed E-state index contributed by atoms with van der Waals surface area (Å²) >= 11 is 0. The van der Waals surface area contributed by atoms with Crippen LogP contribution in [-0.4, -0.2) is 89.0 Å². The van der Waals surface area contributed by atoms with E-state index < -0.39 is 0 Å². The molecule has 1 saturated carbocycles. The summed E-state index contributed by atoms with van der Waals surface area (Å²) in [6.07, 6.45) is 9.36. The summed E-state index contributed by atoms with van der Waals surface area (Å²) in [4.78, 5) is 7.46. The summed E-state index contributed by atoms with van der Waals surface area (Å²) < 4.78 is 7.89. The number of nitrogens with zero attached hydrogens (tertiary/aromatic N) is 7. The predicted molar refractivity (Wildman–Crippen MR) is 129 cm³/mol. The van der Waals surface area contributed by atoms with Crippen LogP contribution in [0, 0.1) is 0 Å². The maximum Gasteiger partial charge on any atom is 0.173 e. The van der Waals surface area contributed by atoms with E-state index in [0.717, 1.165) is 64.0 Å². The van der Waals surface area contributed by atoms with E-state index in [1.54, 1.807) is 0 Å². The Balaban J connectivity index is 1.37. The SMILES string of the molecule is CN(C)c1ccc(C(c2nnnn2CC2CCCO2)N2CCN(C3CCCCC3)CC2)cc1. The van der Waals surface area contributed by atoms with Gasteiger partial charge in [0.2, 0.25) is 0 Å². The normalized spacial score (nSPS) is 24.2. The molecule has 0 N–H and O–H groups in total. The second-order valence-corrected chi connectivity index (χ2v) is 10.1. The minimum Gasteiger partial charge on any atom is -0.378 e. The molecule has 180 valence electrons. The average Bonchev–Trinajstić information content (AvgIpc) is 3.54. The largest absolute Gasteiger partial charge is 0.378 e. The molecule has 3 heterocycles. The van der Waals surface area contributed by atoms with E-state index in [0.29, 0.717) is 0 Å². The van der Waals surface area contributed by atoms with Crippen LogP contribution in [0.5, 0.6) is 0 Å². The van der Waals surface area contributed by atoms with Gasteiger partial charge in [-0.25, -0.2) is 4.68 Å². The van der Waals surface area contributed by atoms with Crippen molar-refractivity contribution in [1.29, 1.82) is 0 Å². The Morgan fingerprint density at radius 3 is 2.39 bits per heavy atom. The third-order valence-corrected chi connectivity index (χ3v) is 7.74. The van der Waals surface area contributed by atoms with Crippen LogP contribution in [0.15, 0.2) is 24.3 Å². The first-order valence-corrected chi connectivity index (χ1v) is 12.8. The van der Waals surface area contributed by atoms with Crippen LogP contribution in [0.4, 0.5) is 5.69 Å². The van der Waals surface area contributed by atoms with Gasteiger partial charge in [-0.3, -0.25) is 9.80 Å². The molecule has 3 fully saturated rings. The first kappa shape index (κ1) is 22.7. The number of piperazine rings is 1. The van der Waals surface area contributed by atoms with E-state index in [4.69, 9.17) is 4.74 Å². The van der Waals surface area contributed by atoms with Gasteiger partial charge in [0.05, 0.1) is 18.7 Å². The molecule has 1 aliphatic carbocycles. The molecule has 2 saturated heterocycles. The number of hydrogen-bond acceptors (Lipinski definition) is 7. The molecule has 1 aromatic carbocycles. The Labute approximate surface area is 197 Å². The van der Waals surface area contributed by atoms with Crippen LogP contribution in [0.25, 0.3) is 0 Å². The highest BCUT2D eigenvalue weighted by molar-refractivity contribution is 5.47. The quantitative estimate of drug-likeness (QED) is 0.639. The molecule has 8 nitrogen and oxygen atoms in total. The topological polar surface area (TPSA) is 62.6 Å². The first-order valence-electron chi connectivity index (χ1n) is 12.8. The van der Waals surface area contributed by atoms with Gasteiger partial charge < -0.3 is 9.64 Å². The predicted octanol–water partition coefficient (Wildman–Crippen LogP) is 2.96. The maximum atomic E-state index is 5.89. The third kappa shape index (κ3) is 5.23. The number of benzene rings is 1. The van der Waals surface area contributed by atoms with Crippen molar-refractivity contribution in [2.75, 3.05) is 51.8 Å². The van der Waals surface area contributed by atoms with Crippen LogP contribution < -0.4 is 4.90 Å². The molecule has 2 atom stereocenters. The molecule has 8 heteroatoms. The van der Waals surface area contributed by atoms with Gasteiger partial charge in [-0.1, -0.05) is 31.4 Å². The van der Waals surface area contributed by atoms with E-state index in [9.17, 15) is 0 Å². The van der Waals surface area contributed by atoms with Crippen molar-refractivity contribution in [3.63, 3.8) is 0 Å². The lowest BCUT2D eigenvalue weighted by Crippen LogP contribution is -2.52. The number of tetrazole rings is 1. The number of anilines is 1. The lowest BCUT2D eigenvalue weighted by atomic mass is 9.93. The summed E-state index contributed by atoms with van der Waals surface area (Å²) in [6, 6.07) is 9.75. The number of ether oxygens (including phenoxy) is 1. The highest BCUT2D eigenvalue weighted by Gasteiger charge is 2.33. The summed E-state index contributed by atoms with van der Waals surface area (Å²) in [5.41, 5.74) is 2.47. The van der Waals surface area contributed by atoms with Gasteiger partial charge >= 0.3 is 0 Å². The minimum absolute atomic E-state index is 0.0612. The van der Waals surface area contributed by atoms with Crippen molar-refractivity contribution in [1.82, 2.24) is 30.0 Å². The zero-order valence-corrected chi connectivity index (χ0v) is 20.3. The summed E-state index contributed by atoms with van der Waals surface area (Å²) in [5.74, 6) is 0.939. The van der Waals surface area contributed by atoms with Crippen molar-refractivity contribution in [2.45, 2.75) is 69.7 Å². The van der Waals surface area contributed by atoms with Gasteiger partial charge in [0.15, 0.2) is 5.82 Å². The first-order chi connectivity index (χ1) is 16.2. The second kappa shape index (κ2) is 10.5. The molecule has 2 aliphatic heterocycles. The van der Waals surface area contributed by atoms with Crippen molar-refractivity contribution < 1.29 is 4.74 Å². The van der Waals surface area contributed by atoms with Crippen molar-refractivity contribution in [3.05, 3.63) is 35.7 Å². The Morgan fingerprint density at radius 1 is 0.970 bits per heavy atom. The Kier molecular flexibility index (Phi) is 7.23. The van der Waals surface area contributed by atoms with Gasteiger partial charge in [0.25, 0.3) is 0 Å². The highest BCUT2D eigenvalue weighted by Crippen LogP contribution is 2.31. The van der Waals surface area contributed by atoms with Gasteiger partial charge in [-0.2, -0.15) is 0 Å². The third-order valence-electron chi connectivity index (χ3n) is 7.74. The highest BCUT2D eigenvalue weighted by atomic mass is 16.5. The van der Waals surface area contributed by atoms with Crippen LogP contribution in [-0.2, 0) is 11.3 Å². The zero-order valence-electron chi connectivity index (χ0n) is 20.3. The van der Waals surface area contributed by atoms with E-state index in [1.165, 1.54) is 43.4 Å². The van der Waals surface area contributed by atoms with E-state index in [-0.39, 0.29) is 12.1 Å². The van der Waals surface area contributed by atoms with Gasteiger partial charge in [0, 0.05) is 58.6 Å². The Morgan fingerprint density at radius 2 is 1.73 bits per heavy atom. The molecule has 33 heavy (non-hydrogen) atoms. The number of aromatic nitrogens is 4. The molecule has 1 aromatic heterocycles. The molecular weight excluding hydrogens is 414 g/mol. The molecule has 0 amide bonds. The van der Waals surface area contributed by atoms with Crippen LogP contribution in [0.2, 0.25) is 0 Å². The summed E-state index contributed by atoms with van der Waals surface area (Å²) in [6.45, 7) is 5.93. The Bertz CT molecular complexity index is 863. The lowest BCUT2D eigenvalue weighted by molar-refractivity contribution is 0.0595. The van der Waals surface area contributed by atoms with Gasteiger partial charge in [-0.15, -0.1) is 5.10 Å². The smallest absolute Gasteiger partial charge is 0.173 e. The fourth-order valence-corrected chi connectivity index (χ4v) is 5.80. The van der Waals surface area contributed by atoms with Crippen molar-refractivity contribution in [2.24, 2.45) is 0 Å². The lowest BCUT2D eigenvalue weighted by Gasteiger charge is -2.43. The van der Waals surface area contributed by atoms with Crippen LogP contribution in [0.3, 0.4) is 0 Å². The molecular formula is C25H39N7O. The molecule has 0 bridgehead atoms. The fourth-order valence-electron chi connectivity index (χ4n) is 5.80. The summed E-state index contributed by atoms with van der Waals surface area (Å²) in [7, 11) is 4.16. The van der Waals surface area contributed by atoms with Crippen LogP contribution in [0.1, 0.15) is 62.4 Å². The summed E-state index contributed by atoms with van der Waals surface area (Å²) in [5, 5.41) is 13.0. The van der Waals surface area contributed by atoms with Crippen molar-refractivity contribution >= 4 is 5.69 Å². The maximum absolute atomic E-state index is 5.89. The monoisotopic (exact) mass is 453 g/mol.